The van der Waals surface area contributed by atoms with Crippen LogP contribution in [0.4, 0.5) is 5.69 Å². The van der Waals surface area contributed by atoms with E-state index in [1.54, 1.807) is 14.2 Å². The van der Waals surface area contributed by atoms with E-state index in [-0.39, 0.29) is 23.7 Å². The third-order valence-electron chi connectivity index (χ3n) is 6.91. The number of ether oxygens (including phenoxy) is 1. The van der Waals surface area contributed by atoms with Gasteiger partial charge in [-0.1, -0.05) is 12.1 Å². The molecular formula is C24H32ClN7O3. The molecule has 35 heavy (non-hydrogen) atoms. The average Bonchev–Trinajstić information content (AvgIpc) is 3.37. The van der Waals surface area contributed by atoms with Gasteiger partial charge in [-0.2, -0.15) is 4.98 Å². The zero-order chi connectivity index (χ0) is 24.0. The third kappa shape index (κ3) is 4.21. The van der Waals surface area contributed by atoms with Crippen LogP contribution in [0.2, 0.25) is 0 Å². The molecule has 4 aromatic rings. The molecule has 10 nitrogen and oxygen atoms in total. The van der Waals surface area contributed by atoms with Gasteiger partial charge in [-0.15, -0.1) is 12.4 Å². The number of methoxy groups -OCH3 is 1. The monoisotopic (exact) mass is 501 g/mol. The molecule has 1 aliphatic rings. The van der Waals surface area contributed by atoms with Gasteiger partial charge in [0, 0.05) is 58.7 Å². The van der Waals surface area contributed by atoms with Crippen molar-refractivity contribution in [3.8, 4) is 5.75 Å². The van der Waals surface area contributed by atoms with Crippen molar-refractivity contribution < 1.29 is 4.74 Å². The molecular weight excluding hydrogens is 470 g/mol. The van der Waals surface area contributed by atoms with E-state index in [1.165, 1.54) is 11.6 Å². The van der Waals surface area contributed by atoms with Crippen LogP contribution in [0.3, 0.4) is 0 Å². The fourth-order valence-electron chi connectivity index (χ4n) is 4.96. The van der Waals surface area contributed by atoms with Crippen LogP contribution in [0.5, 0.6) is 5.75 Å². The second kappa shape index (κ2) is 9.79. The summed E-state index contributed by atoms with van der Waals surface area (Å²) >= 11 is 0. The number of fused-ring (bicyclic) bond motifs is 3. The Hall–Kier alpha value is -3.24. The van der Waals surface area contributed by atoms with Gasteiger partial charge in [0.25, 0.3) is 5.56 Å². The zero-order valence-electron chi connectivity index (χ0n) is 20.6. The quantitative estimate of drug-likeness (QED) is 0.399. The Balaban J connectivity index is 0.00000289. The second-order valence-corrected chi connectivity index (χ2v) is 8.94. The molecule has 1 saturated heterocycles. The predicted octanol–water partition coefficient (Wildman–Crippen LogP) is 1.64. The summed E-state index contributed by atoms with van der Waals surface area (Å²) in [5.41, 5.74) is 2.37. The Bertz CT molecular complexity index is 1470. The minimum Gasteiger partial charge on any atom is -0.495 e. The van der Waals surface area contributed by atoms with Crippen molar-refractivity contribution >= 4 is 35.0 Å². The Morgan fingerprint density at radius 3 is 2.43 bits per heavy atom. The number of aromatic nitrogens is 5. The standard InChI is InChI=1S/C24H31N7O3.ClH/c1-17-16-31-20-21(26(2)24(33)27(3)22(20)32)25-23(31)30(17)11-7-10-28-12-14-29(15-13-28)18-8-5-6-9-19(18)34-4;/h5-6,8-9,16H,7,10-15H2,1-4H3;1H. The molecule has 0 N–H and O–H groups in total. The maximum atomic E-state index is 12.7. The van der Waals surface area contributed by atoms with Gasteiger partial charge in [0.1, 0.15) is 5.75 Å². The summed E-state index contributed by atoms with van der Waals surface area (Å²) in [6.45, 7) is 7.76. The van der Waals surface area contributed by atoms with Crippen molar-refractivity contribution in [2.45, 2.75) is 19.9 Å². The van der Waals surface area contributed by atoms with Gasteiger partial charge in [0.05, 0.1) is 12.8 Å². The Morgan fingerprint density at radius 1 is 1.00 bits per heavy atom. The Labute approximate surface area is 209 Å². The summed E-state index contributed by atoms with van der Waals surface area (Å²) in [4.78, 5) is 34.6. The van der Waals surface area contributed by atoms with Gasteiger partial charge in [0.2, 0.25) is 5.78 Å². The molecule has 0 radical (unpaired) electrons. The van der Waals surface area contributed by atoms with E-state index >= 15 is 0 Å². The summed E-state index contributed by atoms with van der Waals surface area (Å²) in [6.07, 6.45) is 2.91. The van der Waals surface area contributed by atoms with E-state index in [0.29, 0.717) is 16.9 Å². The summed E-state index contributed by atoms with van der Waals surface area (Å²) in [5, 5.41) is 0. The second-order valence-electron chi connectivity index (χ2n) is 8.94. The molecule has 11 heteroatoms. The summed E-state index contributed by atoms with van der Waals surface area (Å²) < 4.78 is 12.0. The van der Waals surface area contributed by atoms with E-state index in [9.17, 15) is 9.59 Å². The molecule has 4 heterocycles. The first-order valence-electron chi connectivity index (χ1n) is 11.6. The lowest BCUT2D eigenvalue weighted by Gasteiger charge is -2.36. The van der Waals surface area contributed by atoms with Crippen LogP contribution in [-0.2, 0) is 20.6 Å². The highest BCUT2D eigenvalue weighted by atomic mass is 35.5. The van der Waals surface area contributed by atoms with Gasteiger partial charge in [-0.3, -0.25) is 23.2 Å². The first-order chi connectivity index (χ1) is 16.4. The maximum absolute atomic E-state index is 12.7. The number of anilines is 1. The molecule has 0 atom stereocenters. The number of aryl methyl sites for hydroxylation is 3. The Morgan fingerprint density at radius 2 is 1.71 bits per heavy atom. The first-order valence-corrected chi connectivity index (χ1v) is 11.6. The molecule has 3 aromatic heterocycles. The molecule has 0 unspecified atom stereocenters. The van der Waals surface area contributed by atoms with Crippen LogP contribution in [0, 0.1) is 6.92 Å². The van der Waals surface area contributed by atoms with Crippen LogP contribution in [-0.4, -0.2) is 67.8 Å². The SMILES string of the molecule is COc1ccccc1N1CCN(CCCn2c(C)cn3c4c(=O)n(C)c(=O)n(C)c4nc23)CC1.Cl. The number of para-hydroxylation sites is 2. The van der Waals surface area contributed by atoms with Gasteiger partial charge < -0.3 is 14.2 Å². The molecule has 0 aliphatic carbocycles. The van der Waals surface area contributed by atoms with Gasteiger partial charge >= 0.3 is 5.69 Å². The normalized spacial score (nSPS) is 14.6. The number of rotatable bonds is 6. The van der Waals surface area contributed by atoms with E-state index in [0.717, 1.165) is 67.4 Å². The molecule has 1 fully saturated rings. The highest BCUT2D eigenvalue weighted by Crippen LogP contribution is 2.28. The number of nitrogens with zero attached hydrogens (tertiary/aromatic N) is 7. The molecule has 0 bridgehead atoms. The van der Waals surface area contributed by atoms with Crippen molar-refractivity contribution in [2.75, 3.05) is 44.7 Å². The van der Waals surface area contributed by atoms with Crippen molar-refractivity contribution in [1.82, 2.24) is 28.0 Å². The predicted molar refractivity (Wildman–Crippen MR) is 139 cm³/mol. The van der Waals surface area contributed by atoms with Crippen molar-refractivity contribution in [1.29, 1.82) is 0 Å². The van der Waals surface area contributed by atoms with Crippen LogP contribution < -0.4 is 20.9 Å². The smallest absolute Gasteiger partial charge is 0.332 e. The van der Waals surface area contributed by atoms with E-state index in [1.807, 2.05) is 29.7 Å². The highest BCUT2D eigenvalue weighted by Gasteiger charge is 2.21. The average molecular weight is 502 g/mol. The molecule has 1 aromatic carbocycles. The molecule has 0 saturated carbocycles. The lowest BCUT2D eigenvalue weighted by Crippen LogP contribution is -2.46. The van der Waals surface area contributed by atoms with Gasteiger partial charge in [0.15, 0.2) is 11.2 Å². The minimum atomic E-state index is -0.367. The summed E-state index contributed by atoms with van der Waals surface area (Å²) in [6, 6.07) is 8.18. The molecule has 1 aliphatic heterocycles. The summed E-state index contributed by atoms with van der Waals surface area (Å²) in [7, 11) is 4.87. The topological polar surface area (TPSA) is 81.9 Å². The molecule has 0 amide bonds. The molecule has 5 rings (SSSR count). The minimum absolute atomic E-state index is 0. The van der Waals surface area contributed by atoms with Gasteiger partial charge in [-0.05, 0) is 32.0 Å². The lowest BCUT2D eigenvalue weighted by atomic mass is 10.2. The lowest BCUT2D eigenvalue weighted by molar-refractivity contribution is 0.250. The third-order valence-corrected chi connectivity index (χ3v) is 6.91. The van der Waals surface area contributed by atoms with E-state index < -0.39 is 0 Å². The van der Waals surface area contributed by atoms with Crippen LogP contribution in [0.15, 0.2) is 40.1 Å². The fourth-order valence-corrected chi connectivity index (χ4v) is 4.96. The van der Waals surface area contributed by atoms with Crippen LogP contribution in [0.1, 0.15) is 12.1 Å². The van der Waals surface area contributed by atoms with Crippen molar-refractivity contribution in [2.24, 2.45) is 14.1 Å². The van der Waals surface area contributed by atoms with Gasteiger partial charge in [-0.25, -0.2) is 4.79 Å². The number of imidazole rings is 2. The van der Waals surface area contributed by atoms with Crippen molar-refractivity contribution in [3.63, 3.8) is 0 Å². The maximum Gasteiger partial charge on any atom is 0.332 e. The largest absolute Gasteiger partial charge is 0.495 e. The van der Waals surface area contributed by atoms with Crippen LogP contribution in [0.25, 0.3) is 16.9 Å². The zero-order valence-corrected chi connectivity index (χ0v) is 21.4. The van der Waals surface area contributed by atoms with E-state index in [2.05, 4.69) is 31.5 Å². The first kappa shape index (κ1) is 24.9. The number of hydrogen-bond acceptors (Lipinski definition) is 6. The van der Waals surface area contributed by atoms with Crippen molar-refractivity contribution in [3.05, 3.63) is 57.0 Å². The molecule has 0 spiro atoms. The number of halogens is 1. The fraction of sp³-hybridized carbons (Fsp3) is 0.458. The number of piperazine rings is 1. The number of benzene rings is 1. The summed E-state index contributed by atoms with van der Waals surface area (Å²) in [5.74, 6) is 1.62. The molecule has 188 valence electrons. The number of hydrogen-bond donors (Lipinski definition) is 0. The Kier molecular flexibility index (Phi) is 6.95. The van der Waals surface area contributed by atoms with Crippen LogP contribution >= 0.6 is 12.4 Å². The van der Waals surface area contributed by atoms with E-state index in [4.69, 9.17) is 4.74 Å². The highest BCUT2D eigenvalue weighted by molar-refractivity contribution is 5.85.